The van der Waals surface area contributed by atoms with E-state index in [4.69, 9.17) is 4.43 Å². The number of fused-ring (bicyclic) bond motifs is 5. The van der Waals surface area contributed by atoms with Crippen molar-refractivity contribution in [2.75, 3.05) is 4.43 Å². The number of hydrogen-bond donors (Lipinski definition) is 0. The van der Waals surface area contributed by atoms with E-state index in [9.17, 15) is 0 Å². The summed E-state index contributed by atoms with van der Waals surface area (Å²) in [7, 11) is -1.69. The van der Waals surface area contributed by atoms with Gasteiger partial charge in [0.25, 0.3) is 0 Å². The molecule has 4 aliphatic carbocycles. The molecular weight excluding hydrogens is 507 g/mol. The monoisotopic (exact) mass is 556 g/mol. The van der Waals surface area contributed by atoms with Crippen molar-refractivity contribution >= 4 is 30.9 Å². The fraction of sp³-hybridized carbons (Fsp3) is 0.929. The Bertz CT molecular complexity index is 708. The molecule has 0 aliphatic heterocycles. The van der Waals surface area contributed by atoms with Crippen molar-refractivity contribution in [3.8, 4) is 0 Å². The van der Waals surface area contributed by atoms with Crippen LogP contribution in [0.3, 0.4) is 0 Å². The topological polar surface area (TPSA) is 9.23 Å². The summed E-state index contributed by atoms with van der Waals surface area (Å²) in [6, 6.07) is 0. The van der Waals surface area contributed by atoms with Crippen molar-refractivity contribution in [1.82, 2.24) is 0 Å². The number of allylic oxidation sites excluding steroid dienone is 1. The Hall–Kier alpha value is 0.647. The summed E-state index contributed by atoms with van der Waals surface area (Å²) in [6.45, 7) is 19.9. The second-order valence-corrected chi connectivity index (χ2v) is 19.5. The maximum absolute atomic E-state index is 6.91. The van der Waals surface area contributed by atoms with Crippen LogP contribution in [0.25, 0.3) is 0 Å². The molecule has 0 N–H and O–H groups in total. The molecule has 0 amide bonds. The molecular formula is C28H49IOSi. The zero-order valence-corrected chi connectivity index (χ0v) is 24.8. The molecule has 31 heavy (non-hydrogen) atoms. The Morgan fingerprint density at radius 1 is 1.10 bits per heavy atom. The lowest BCUT2D eigenvalue weighted by atomic mass is 9.47. The number of halogens is 1. The van der Waals surface area contributed by atoms with Gasteiger partial charge in [0.05, 0.1) is 0 Å². The van der Waals surface area contributed by atoms with Gasteiger partial charge in [0, 0.05) is 10.5 Å². The van der Waals surface area contributed by atoms with Crippen LogP contribution >= 0.6 is 22.6 Å². The fourth-order valence-electron chi connectivity index (χ4n) is 8.40. The van der Waals surface area contributed by atoms with E-state index in [1.807, 2.05) is 0 Å². The first-order valence-electron chi connectivity index (χ1n) is 13.3. The van der Waals surface area contributed by atoms with E-state index < -0.39 is 8.32 Å². The molecule has 0 spiro atoms. The van der Waals surface area contributed by atoms with Crippen molar-refractivity contribution in [3.63, 3.8) is 0 Å². The number of rotatable bonds is 4. The minimum atomic E-state index is -1.69. The van der Waals surface area contributed by atoms with Gasteiger partial charge in [-0.05, 0) is 110 Å². The lowest BCUT2D eigenvalue weighted by Crippen LogP contribution is -2.52. The molecule has 0 heterocycles. The van der Waals surface area contributed by atoms with Gasteiger partial charge in [-0.2, -0.15) is 0 Å². The van der Waals surface area contributed by atoms with E-state index in [1.54, 1.807) is 5.57 Å². The van der Waals surface area contributed by atoms with Gasteiger partial charge in [0.1, 0.15) is 0 Å². The zero-order valence-electron chi connectivity index (χ0n) is 21.7. The van der Waals surface area contributed by atoms with Gasteiger partial charge in [-0.3, -0.25) is 0 Å². The highest BCUT2D eigenvalue weighted by Crippen LogP contribution is 2.67. The van der Waals surface area contributed by atoms with E-state index >= 15 is 0 Å². The van der Waals surface area contributed by atoms with E-state index in [1.165, 1.54) is 55.8 Å². The average molecular weight is 557 g/mol. The minimum absolute atomic E-state index is 0.307. The molecule has 4 rings (SSSR count). The summed E-state index contributed by atoms with van der Waals surface area (Å²) >= 11 is 2.63. The van der Waals surface area contributed by atoms with Gasteiger partial charge < -0.3 is 4.43 Å². The van der Waals surface area contributed by atoms with E-state index in [2.05, 4.69) is 83.3 Å². The molecule has 1 unspecified atom stereocenters. The van der Waals surface area contributed by atoms with Crippen LogP contribution in [0.5, 0.6) is 0 Å². The molecule has 3 fully saturated rings. The maximum Gasteiger partial charge on any atom is 0.192 e. The van der Waals surface area contributed by atoms with Crippen molar-refractivity contribution in [3.05, 3.63) is 11.6 Å². The Kier molecular flexibility index (Phi) is 6.71. The van der Waals surface area contributed by atoms with Crippen LogP contribution in [0.15, 0.2) is 11.6 Å². The summed E-state index contributed by atoms with van der Waals surface area (Å²) in [5.41, 5.74) is 2.84. The van der Waals surface area contributed by atoms with Gasteiger partial charge in [0.2, 0.25) is 0 Å². The first-order chi connectivity index (χ1) is 14.3. The fourth-order valence-corrected chi connectivity index (χ4v) is 10.4. The normalized spacial score (nSPS) is 44.2. The highest BCUT2D eigenvalue weighted by Gasteiger charge is 2.59. The van der Waals surface area contributed by atoms with E-state index in [0.717, 1.165) is 29.6 Å². The number of alkyl halides is 1. The van der Waals surface area contributed by atoms with Crippen LogP contribution < -0.4 is 0 Å². The molecule has 4 aliphatic rings. The lowest BCUT2D eigenvalue weighted by Gasteiger charge is -2.59. The molecule has 178 valence electrons. The van der Waals surface area contributed by atoms with E-state index in [-0.39, 0.29) is 0 Å². The van der Waals surface area contributed by atoms with Crippen LogP contribution in [0.1, 0.15) is 92.9 Å². The van der Waals surface area contributed by atoms with Crippen molar-refractivity contribution in [2.24, 2.45) is 40.4 Å². The molecule has 0 aromatic heterocycles. The molecule has 1 nitrogen and oxygen atoms in total. The van der Waals surface area contributed by atoms with Gasteiger partial charge in [-0.1, -0.05) is 75.8 Å². The largest absolute Gasteiger partial charge is 0.414 e. The third-order valence-electron chi connectivity index (χ3n) is 11.3. The predicted octanol–water partition coefficient (Wildman–Crippen LogP) is 9.03. The predicted molar refractivity (Wildman–Crippen MR) is 145 cm³/mol. The molecule has 0 aromatic carbocycles. The summed E-state index contributed by atoms with van der Waals surface area (Å²) in [5, 5.41) is 0.307. The maximum atomic E-state index is 6.91. The summed E-state index contributed by atoms with van der Waals surface area (Å²) in [6.07, 6.45) is 14.3. The van der Waals surface area contributed by atoms with Crippen molar-refractivity contribution in [1.29, 1.82) is 0 Å². The summed E-state index contributed by atoms with van der Waals surface area (Å²) < 4.78 is 8.24. The smallest absolute Gasteiger partial charge is 0.192 e. The molecule has 8 atom stereocenters. The second kappa shape index (κ2) is 8.39. The highest BCUT2D eigenvalue weighted by molar-refractivity contribution is 14.1. The van der Waals surface area contributed by atoms with Crippen LogP contribution in [-0.4, -0.2) is 18.8 Å². The lowest BCUT2D eigenvalue weighted by molar-refractivity contribution is -0.0543. The van der Waals surface area contributed by atoms with Crippen molar-refractivity contribution < 1.29 is 4.43 Å². The molecule has 0 aromatic rings. The van der Waals surface area contributed by atoms with Crippen LogP contribution in [0.2, 0.25) is 18.1 Å². The quantitative estimate of drug-likeness (QED) is 0.145. The minimum Gasteiger partial charge on any atom is -0.414 e. The van der Waals surface area contributed by atoms with E-state index in [0.29, 0.717) is 22.0 Å². The van der Waals surface area contributed by atoms with Crippen LogP contribution in [0, 0.1) is 40.4 Å². The first-order valence-corrected chi connectivity index (χ1v) is 17.7. The van der Waals surface area contributed by atoms with Crippen LogP contribution in [0.4, 0.5) is 0 Å². The zero-order chi connectivity index (χ0) is 22.8. The molecule has 0 radical (unpaired) electrons. The second-order valence-electron chi connectivity index (χ2n) is 13.9. The van der Waals surface area contributed by atoms with Crippen LogP contribution in [-0.2, 0) is 4.43 Å². The molecule has 0 saturated heterocycles. The third kappa shape index (κ3) is 4.07. The Morgan fingerprint density at radius 3 is 2.45 bits per heavy atom. The average Bonchev–Trinajstić information content (AvgIpc) is 3.04. The third-order valence-corrected chi connectivity index (χ3v) is 17.3. The summed E-state index contributed by atoms with van der Waals surface area (Å²) in [4.78, 5) is 0. The first kappa shape index (κ1) is 24.8. The Labute approximate surface area is 208 Å². The molecule has 0 bridgehead atoms. The van der Waals surface area contributed by atoms with Gasteiger partial charge in [0.15, 0.2) is 8.32 Å². The Morgan fingerprint density at radius 2 is 1.81 bits per heavy atom. The van der Waals surface area contributed by atoms with Crippen molar-refractivity contribution in [2.45, 2.75) is 117 Å². The summed E-state index contributed by atoms with van der Waals surface area (Å²) in [5.74, 6) is 4.69. The standard InChI is InChI=1S/C28H49IOSi/c1-19(18-29)23-11-12-24-22-10-9-20-17-21(30-31(7,8)26(2,3)4)13-15-27(20,5)25(22)14-16-28(23,24)6/h9,19,21-25H,10-18H2,1-8H3/t19-,21?,22+,23-,24+,25+,27+,28-/m1/s1. The SMILES string of the molecule is C[C@H](CI)[C@H]1CC[C@H]2[C@@H]3CC=C4CC(O[Si](C)(C)C(C)(C)C)CC[C@]4(C)[C@H]3CC[C@]12C. The highest BCUT2D eigenvalue weighted by atomic mass is 127. The van der Waals surface area contributed by atoms with Gasteiger partial charge in [-0.25, -0.2) is 0 Å². The molecule has 3 heteroatoms. The van der Waals surface area contributed by atoms with Gasteiger partial charge in [-0.15, -0.1) is 0 Å². The Balaban J connectivity index is 1.52. The van der Waals surface area contributed by atoms with Gasteiger partial charge >= 0.3 is 0 Å². The molecule has 3 saturated carbocycles. The number of hydrogen-bond acceptors (Lipinski definition) is 1.